The molecule has 1 aliphatic heterocycles. The third-order valence-corrected chi connectivity index (χ3v) is 4.50. The predicted octanol–water partition coefficient (Wildman–Crippen LogP) is 2.49. The molecule has 0 spiro atoms. The van der Waals surface area contributed by atoms with Crippen molar-refractivity contribution in [1.29, 1.82) is 0 Å². The molecular weight excluding hydrogens is 280 g/mol. The van der Waals surface area contributed by atoms with Crippen LogP contribution in [0.5, 0.6) is 11.5 Å². The van der Waals surface area contributed by atoms with Crippen molar-refractivity contribution in [1.82, 2.24) is 4.90 Å². The van der Waals surface area contributed by atoms with Crippen LogP contribution in [-0.4, -0.2) is 37.1 Å². The fourth-order valence-corrected chi connectivity index (χ4v) is 3.10. The van der Waals surface area contributed by atoms with Gasteiger partial charge >= 0.3 is 0 Å². The number of carbonyl (C=O) groups excluding carboxylic acids is 1. The maximum absolute atomic E-state index is 12.4. The molecule has 5 heteroatoms. The normalized spacial score (nSPS) is 23.3. The molecule has 1 heterocycles. The first-order valence-corrected chi connectivity index (χ1v) is 7.82. The van der Waals surface area contributed by atoms with Crippen molar-refractivity contribution in [2.75, 3.05) is 14.2 Å². The van der Waals surface area contributed by atoms with E-state index in [2.05, 4.69) is 13.8 Å². The Morgan fingerprint density at radius 1 is 1.32 bits per heavy atom. The Morgan fingerprint density at radius 2 is 2.00 bits per heavy atom. The molecule has 1 amide bonds. The minimum atomic E-state index is -0.115. The summed E-state index contributed by atoms with van der Waals surface area (Å²) in [6.45, 7) is 4.16. The third kappa shape index (κ3) is 3.04. The second kappa shape index (κ2) is 7.01. The summed E-state index contributed by atoms with van der Waals surface area (Å²) in [7, 11) is 3.22. The van der Waals surface area contributed by atoms with E-state index in [0.29, 0.717) is 24.3 Å². The maximum Gasteiger partial charge on any atom is 0.223 e. The summed E-state index contributed by atoms with van der Waals surface area (Å²) in [4.78, 5) is 14.4. The van der Waals surface area contributed by atoms with Crippen LogP contribution in [0, 0.1) is 0 Å². The summed E-state index contributed by atoms with van der Waals surface area (Å²) in [6.07, 6.45) is 2.14. The lowest BCUT2D eigenvalue weighted by molar-refractivity contribution is -0.140. The van der Waals surface area contributed by atoms with Gasteiger partial charge in [-0.15, -0.1) is 0 Å². The molecule has 1 aliphatic rings. The summed E-state index contributed by atoms with van der Waals surface area (Å²) in [6, 6.07) is 5.75. The molecule has 2 rings (SSSR count). The Balaban J connectivity index is 2.43. The second-order valence-corrected chi connectivity index (χ2v) is 5.82. The number of likely N-dealkylation sites (tertiary alicyclic amines) is 1. The molecule has 0 bridgehead atoms. The van der Waals surface area contributed by atoms with E-state index in [1.807, 2.05) is 23.1 Å². The third-order valence-electron chi connectivity index (χ3n) is 4.50. The van der Waals surface area contributed by atoms with Gasteiger partial charge in [0.1, 0.15) is 0 Å². The average molecular weight is 306 g/mol. The lowest BCUT2D eigenvalue weighted by atomic mass is 9.88. The van der Waals surface area contributed by atoms with E-state index in [9.17, 15) is 4.79 Å². The minimum Gasteiger partial charge on any atom is -0.493 e. The predicted molar refractivity (Wildman–Crippen MR) is 86.1 cm³/mol. The van der Waals surface area contributed by atoms with Crippen molar-refractivity contribution in [2.24, 2.45) is 5.73 Å². The van der Waals surface area contributed by atoms with Crippen LogP contribution in [0.1, 0.15) is 44.7 Å². The van der Waals surface area contributed by atoms with Crippen LogP contribution >= 0.6 is 0 Å². The van der Waals surface area contributed by atoms with E-state index in [1.54, 1.807) is 14.2 Å². The Kier molecular flexibility index (Phi) is 5.29. The van der Waals surface area contributed by atoms with Gasteiger partial charge in [-0.05, 0) is 37.5 Å². The number of carbonyl (C=O) groups is 1. The molecule has 1 aromatic rings. The van der Waals surface area contributed by atoms with E-state index in [1.165, 1.54) is 0 Å². The molecule has 0 radical (unpaired) electrons. The Hall–Kier alpha value is -1.75. The Morgan fingerprint density at radius 3 is 2.59 bits per heavy atom. The SMILES string of the molecule is CCC(C)N1C(=O)CCC(N)C1c1ccc(OC)c(OC)c1. The first-order chi connectivity index (χ1) is 10.5. The van der Waals surface area contributed by atoms with Crippen molar-refractivity contribution in [3.8, 4) is 11.5 Å². The highest BCUT2D eigenvalue weighted by Crippen LogP contribution is 2.37. The summed E-state index contributed by atoms with van der Waals surface area (Å²) in [5.41, 5.74) is 7.35. The van der Waals surface area contributed by atoms with E-state index < -0.39 is 0 Å². The van der Waals surface area contributed by atoms with Crippen molar-refractivity contribution in [3.63, 3.8) is 0 Å². The highest BCUT2D eigenvalue weighted by atomic mass is 16.5. The highest BCUT2D eigenvalue weighted by molar-refractivity contribution is 5.78. The number of nitrogens with two attached hydrogens (primary N) is 1. The molecule has 22 heavy (non-hydrogen) atoms. The average Bonchev–Trinajstić information content (AvgIpc) is 2.55. The van der Waals surface area contributed by atoms with E-state index in [-0.39, 0.29) is 24.0 Å². The zero-order chi connectivity index (χ0) is 16.3. The Bertz CT molecular complexity index is 533. The number of ether oxygens (including phenoxy) is 2. The van der Waals surface area contributed by atoms with Crippen LogP contribution in [0.4, 0.5) is 0 Å². The first-order valence-electron chi connectivity index (χ1n) is 7.82. The van der Waals surface area contributed by atoms with E-state index in [0.717, 1.165) is 12.0 Å². The molecular formula is C17H26N2O3. The smallest absolute Gasteiger partial charge is 0.223 e. The van der Waals surface area contributed by atoms with Gasteiger partial charge < -0.3 is 20.1 Å². The van der Waals surface area contributed by atoms with Crippen LogP contribution in [0.25, 0.3) is 0 Å². The maximum atomic E-state index is 12.4. The van der Waals surface area contributed by atoms with Crippen LogP contribution in [0.15, 0.2) is 18.2 Å². The lowest BCUT2D eigenvalue weighted by Gasteiger charge is -2.43. The van der Waals surface area contributed by atoms with Gasteiger partial charge in [0.2, 0.25) is 5.91 Å². The van der Waals surface area contributed by atoms with Crippen molar-refractivity contribution in [2.45, 2.75) is 51.2 Å². The van der Waals surface area contributed by atoms with Gasteiger partial charge in [0.15, 0.2) is 11.5 Å². The minimum absolute atomic E-state index is 0.0650. The van der Waals surface area contributed by atoms with Gasteiger partial charge in [-0.3, -0.25) is 4.79 Å². The summed E-state index contributed by atoms with van der Waals surface area (Å²) >= 11 is 0. The van der Waals surface area contributed by atoms with Gasteiger partial charge in [0.05, 0.1) is 20.3 Å². The van der Waals surface area contributed by atoms with E-state index in [4.69, 9.17) is 15.2 Å². The molecule has 0 saturated carbocycles. The molecule has 3 atom stereocenters. The molecule has 1 fully saturated rings. The van der Waals surface area contributed by atoms with Crippen molar-refractivity contribution >= 4 is 5.91 Å². The van der Waals surface area contributed by atoms with Crippen LogP contribution in [0.3, 0.4) is 0 Å². The highest BCUT2D eigenvalue weighted by Gasteiger charge is 2.37. The molecule has 122 valence electrons. The zero-order valence-corrected chi connectivity index (χ0v) is 13.8. The summed E-state index contributed by atoms with van der Waals surface area (Å²) < 4.78 is 10.7. The zero-order valence-electron chi connectivity index (χ0n) is 13.8. The topological polar surface area (TPSA) is 64.8 Å². The van der Waals surface area contributed by atoms with Gasteiger partial charge in [0, 0.05) is 18.5 Å². The number of hydrogen-bond donors (Lipinski definition) is 1. The van der Waals surface area contributed by atoms with Crippen LogP contribution in [-0.2, 0) is 4.79 Å². The van der Waals surface area contributed by atoms with E-state index >= 15 is 0 Å². The van der Waals surface area contributed by atoms with Crippen molar-refractivity contribution < 1.29 is 14.3 Å². The number of piperidine rings is 1. The fraction of sp³-hybridized carbons (Fsp3) is 0.588. The number of methoxy groups -OCH3 is 2. The lowest BCUT2D eigenvalue weighted by Crippen LogP contribution is -2.52. The summed E-state index contributed by atoms with van der Waals surface area (Å²) in [5.74, 6) is 1.52. The second-order valence-electron chi connectivity index (χ2n) is 5.82. The molecule has 1 aromatic carbocycles. The van der Waals surface area contributed by atoms with Gasteiger partial charge in [-0.25, -0.2) is 0 Å². The molecule has 0 aromatic heterocycles. The van der Waals surface area contributed by atoms with Crippen molar-refractivity contribution in [3.05, 3.63) is 23.8 Å². The van der Waals surface area contributed by atoms with Gasteiger partial charge in [0.25, 0.3) is 0 Å². The largest absolute Gasteiger partial charge is 0.493 e. The number of amides is 1. The van der Waals surface area contributed by atoms with Crippen LogP contribution in [0.2, 0.25) is 0 Å². The van der Waals surface area contributed by atoms with Gasteiger partial charge in [-0.1, -0.05) is 13.0 Å². The molecule has 5 nitrogen and oxygen atoms in total. The quantitative estimate of drug-likeness (QED) is 0.907. The van der Waals surface area contributed by atoms with Gasteiger partial charge in [-0.2, -0.15) is 0 Å². The standard InChI is InChI=1S/C17H26N2O3/c1-5-11(2)19-16(20)9-7-13(18)17(19)12-6-8-14(21-3)15(10-12)22-4/h6,8,10-11,13,17H,5,7,9,18H2,1-4H3. The molecule has 1 saturated heterocycles. The number of rotatable bonds is 5. The Labute approximate surface area is 132 Å². The molecule has 3 unspecified atom stereocenters. The first kappa shape index (κ1) is 16.6. The number of benzene rings is 1. The fourth-order valence-electron chi connectivity index (χ4n) is 3.10. The summed E-state index contributed by atoms with van der Waals surface area (Å²) in [5, 5.41) is 0. The number of nitrogens with zero attached hydrogens (tertiary/aromatic N) is 1. The number of hydrogen-bond acceptors (Lipinski definition) is 4. The molecule has 0 aliphatic carbocycles. The van der Waals surface area contributed by atoms with Crippen LogP contribution < -0.4 is 15.2 Å². The molecule has 2 N–H and O–H groups in total. The monoisotopic (exact) mass is 306 g/mol.